The average molecular weight is 298 g/mol. The van der Waals surface area contributed by atoms with Crippen molar-refractivity contribution >= 4 is 15.9 Å². The monoisotopic (exact) mass is 297 g/mol. The van der Waals surface area contributed by atoms with Crippen LogP contribution in [0.25, 0.3) is 0 Å². The molecule has 92 valence electrons. The van der Waals surface area contributed by atoms with E-state index in [2.05, 4.69) is 40.2 Å². The van der Waals surface area contributed by atoms with Crippen molar-refractivity contribution in [2.45, 2.75) is 33.0 Å². The van der Waals surface area contributed by atoms with Gasteiger partial charge in [-0.05, 0) is 28.1 Å². The predicted molar refractivity (Wildman–Crippen MR) is 69.7 cm³/mol. The fourth-order valence-electron chi connectivity index (χ4n) is 1.49. The molecule has 0 aliphatic rings. The predicted octanol–water partition coefficient (Wildman–Crippen LogP) is 2.78. The lowest BCUT2D eigenvalue weighted by atomic mass is 10.3. The van der Waals surface area contributed by atoms with E-state index in [1.165, 1.54) is 0 Å². The fourth-order valence-corrected chi connectivity index (χ4v) is 1.82. The van der Waals surface area contributed by atoms with E-state index < -0.39 is 0 Å². The quantitative estimate of drug-likeness (QED) is 0.923. The van der Waals surface area contributed by atoms with Crippen LogP contribution in [0.15, 0.2) is 33.4 Å². The van der Waals surface area contributed by atoms with Crippen LogP contribution in [0.2, 0.25) is 0 Å². The van der Waals surface area contributed by atoms with Gasteiger partial charge in [0.1, 0.15) is 11.5 Å². The van der Waals surface area contributed by atoms with E-state index in [9.17, 15) is 0 Å². The Labute approximate surface area is 109 Å². The summed E-state index contributed by atoms with van der Waals surface area (Å²) in [7, 11) is 0. The van der Waals surface area contributed by atoms with Gasteiger partial charge in [-0.3, -0.25) is 4.68 Å². The van der Waals surface area contributed by atoms with E-state index in [1.54, 1.807) is 6.20 Å². The summed E-state index contributed by atoms with van der Waals surface area (Å²) in [5, 5.41) is 7.51. The lowest BCUT2D eigenvalue weighted by Gasteiger charge is -2.05. The summed E-state index contributed by atoms with van der Waals surface area (Å²) in [5.74, 6) is 1.88. The molecule has 4 nitrogen and oxygen atoms in total. The van der Waals surface area contributed by atoms with Crippen LogP contribution in [0.1, 0.15) is 25.4 Å². The Bertz CT molecular complexity index is 476. The standard InChI is InChI=1S/C12H16BrN3O/c1-9(2)14-6-11-3-4-12(17-11)8-16-7-10(13)5-15-16/h3-5,7,9,14H,6,8H2,1-2H3. The minimum absolute atomic E-state index is 0.464. The zero-order valence-electron chi connectivity index (χ0n) is 9.98. The summed E-state index contributed by atoms with van der Waals surface area (Å²) in [6.07, 6.45) is 3.69. The number of furan rings is 1. The zero-order valence-corrected chi connectivity index (χ0v) is 11.6. The minimum Gasteiger partial charge on any atom is -0.463 e. The number of hydrogen-bond donors (Lipinski definition) is 1. The van der Waals surface area contributed by atoms with Crippen LogP contribution in [0.4, 0.5) is 0 Å². The molecule has 0 bridgehead atoms. The second kappa shape index (κ2) is 5.51. The fraction of sp³-hybridized carbons (Fsp3) is 0.417. The molecule has 0 fully saturated rings. The SMILES string of the molecule is CC(C)NCc1ccc(Cn2cc(Br)cn2)o1. The van der Waals surface area contributed by atoms with E-state index in [1.807, 2.05) is 23.0 Å². The number of aromatic nitrogens is 2. The molecule has 0 atom stereocenters. The number of rotatable bonds is 5. The summed E-state index contributed by atoms with van der Waals surface area (Å²) in [5.41, 5.74) is 0. The molecule has 2 aromatic rings. The topological polar surface area (TPSA) is 43.0 Å². The van der Waals surface area contributed by atoms with Gasteiger partial charge < -0.3 is 9.73 Å². The van der Waals surface area contributed by atoms with Gasteiger partial charge in [-0.1, -0.05) is 13.8 Å². The third kappa shape index (κ3) is 3.71. The molecule has 2 rings (SSSR count). The Morgan fingerprint density at radius 3 is 2.82 bits per heavy atom. The molecule has 17 heavy (non-hydrogen) atoms. The molecule has 0 aliphatic carbocycles. The summed E-state index contributed by atoms with van der Waals surface area (Å²) in [6, 6.07) is 4.46. The van der Waals surface area contributed by atoms with Crippen molar-refractivity contribution < 1.29 is 4.42 Å². The van der Waals surface area contributed by atoms with Gasteiger partial charge in [-0.15, -0.1) is 0 Å². The van der Waals surface area contributed by atoms with Crippen LogP contribution >= 0.6 is 15.9 Å². The van der Waals surface area contributed by atoms with Crippen LogP contribution < -0.4 is 5.32 Å². The second-order valence-electron chi connectivity index (χ2n) is 4.26. The Morgan fingerprint density at radius 2 is 2.18 bits per heavy atom. The summed E-state index contributed by atoms with van der Waals surface area (Å²) >= 11 is 3.37. The summed E-state index contributed by atoms with van der Waals surface area (Å²) in [4.78, 5) is 0. The third-order valence-corrected chi connectivity index (χ3v) is 2.73. The van der Waals surface area contributed by atoms with Crippen molar-refractivity contribution in [2.75, 3.05) is 0 Å². The van der Waals surface area contributed by atoms with Gasteiger partial charge in [0.2, 0.25) is 0 Å². The molecule has 0 spiro atoms. The minimum atomic E-state index is 0.464. The number of hydrogen-bond acceptors (Lipinski definition) is 3. The van der Waals surface area contributed by atoms with Crippen LogP contribution in [0.5, 0.6) is 0 Å². The normalized spacial score (nSPS) is 11.3. The molecular weight excluding hydrogens is 282 g/mol. The van der Waals surface area contributed by atoms with Gasteiger partial charge >= 0.3 is 0 Å². The maximum atomic E-state index is 5.71. The first-order chi connectivity index (χ1) is 8.13. The first kappa shape index (κ1) is 12.4. The third-order valence-electron chi connectivity index (χ3n) is 2.32. The van der Waals surface area contributed by atoms with Gasteiger partial charge in [0.25, 0.3) is 0 Å². The Kier molecular flexibility index (Phi) is 4.02. The van der Waals surface area contributed by atoms with Crippen molar-refractivity contribution in [2.24, 2.45) is 0 Å². The van der Waals surface area contributed by atoms with Crippen LogP contribution in [0, 0.1) is 0 Å². The van der Waals surface area contributed by atoms with Crippen LogP contribution in [0.3, 0.4) is 0 Å². The Morgan fingerprint density at radius 1 is 1.41 bits per heavy atom. The highest BCUT2D eigenvalue weighted by molar-refractivity contribution is 9.10. The van der Waals surface area contributed by atoms with E-state index in [-0.39, 0.29) is 0 Å². The maximum Gasteiger partial charge on any atom is 0.125 e. The molecular formula is C12H16BrN3O. The van der Waals surface area contributed by atoms with E-state index in [0.29, 0.717) is 12.6 Å². The second-order valence-corrected chi connectivity index (χ2v) is 5.18. The van der Waals surface area contributed by atoms with Gasteiger partial charge in [0.05, 0.1) is 23.8 Å². The molecule has 0 aliphatic heterocycles. The molecule has 2 heterocycles. The molecule has 0 saturated heterocycles. The summed E-state index contributed by atoms with van der Waals surface area (Å²) < 4.78 is 8.52. The molecule has 1 N–H and O–H groups in total. The molecule has 0 aromatic carbocycles. The highest BCUT2D eigenvalue weighted by atomic mass is 79.9. The van der Waals surface area contributed by atoms with Crippen molar-refractivity contribution in [3.8, 4) is 0 Å². The number of halogens is 1. The van der Waals surface area contributed by atoms with E-state index >= 15 is 0 Å². The van der Waals surface area contributed by atoms with E-state index in [4.69, 9.17) is 4.42 Å². The molecule has 2 aromatic heterocycles. The van der Waals surface area contributed by atoms with Crippen LogP contribution in [-0.4, -0.2) is 15.8 Å². The lowest BCUT2D eigenvalue weighted by molar-refractivity contribution is 0.421. The zero-order chi connectivity index (χ0) is 12.3. The van der Waals surface area contributed by atoms with E-state index in [0.717, 1.165) is 22.5 Å². The van der Waals surface area contributed by atoms with Gasteiger partial charge in [-0.2, -0.15) is 5.10 Å². The number of nitrogens with one attached hydrogen (secondary N) is 1. The van der Waals surface area contributed by atoms with Gasteiger partial charge in [0.15, 0.2) is 0 Å². The summed E-state index contributed by atoms with van der Waals surface area (Å²) in [6.45, 7) is 5.66. The van der Waals surface area contributed by atoms with Gasteiger partial charge in [-0.25, -0.2) is 0 Å². The Hall–Kier alpha value is -1.07. The molecule has 0 saturated carbocycles. The van der Waals surface area contributed by atoms with Crippen LogP contribution in [-0.2, 0) is 13.1 Å². The lowest BCUT2D eigenvalue weighted by Crippen LogP contribution is -2.21. The first-order valence-electron chi connectivity index (χ1n) is 5.62. The first-order valence-corrected chi connectivity index (χ1v) is 6.41. The van der Waals surface area contributed by atoms with Crippen molar-refractivity contribution in [3.05, 3.63) is 40.5 Å². The van der Waals surface area contributed by atoms with Crippen molar-refractivity contribution in [1.82, 2.24) is 15.1 Å². The molecule has 0 unspecified atom stereocenters. The molecule has 0 amide bonds. The smallest absolute Gasteiger partial charge is 0.125 e. The van der Waals surface area contributed by atoms with Gasteiger partial charge in [0, 0.05) is 12.2 Å². The number of nitrogens with zero attached hydrogens (tertiary/aromatic N) is 2. The largest absolute Gasteiger partial charge is 0.463 e. The van der Waals surface area contributed by atoms with Crippen molar-refractivity contribution in [3.63, 3.8) is 0 Å². The highest BCUT2D eigenvalue weighted by Gasteiger charge is 2.04. The Balaban J connectivity index is 1.94. The molecule has 0 radical (unpaired) electrons. The average Bonchev–Trinajstić information content (AvgIpc) is 2.86. The maximum absolute atomic E-state index is 5.71. The highest BCUT2D eigenvalue weighted by Crippen LogP contribution is 2.12. The van der Waals surface area contributed by atoms with Crippen molar-refractivity contribution in [1.29, 1.82) is 0 Å². The molecule has 5 heteroatoms.